The Morgan fingerprint density at radius 3 is 2.88 bits per heavy atom. The van der Waals surface area contributed by atoms with E-state index in [-0.39, 0.29) is 11.8 Å². The SMILES string of the molecule is O=C1CCc2c(Oc3ccc4c(c3)CC(c3nc5cc(F)c(F)cc5[nH]3)CO4)ccnc2N1. The molecule has 33 heavy (non-hydrogen) atoms. The lowest BCUT2D eigenvalue weighted by molar-refractivity contribution is -0.116. The molecule has 166 valence electrons. The summed E-state index contributed by atoms with van der Waals surface area (Å²) in [6.07, 6.45) is 3.18. The van der Waals surface area contributed by atoms with Crippen LogP contribution in [-0.4, -0.2) is 27.5 Å². The minimum atomic E-state index is -0.926. The number of rotatable bonds is 3. The van der Waals surface area contributed by atoms with E-state index < -0.39 is 11.6 Å². The van der Waals surface area contributed by atoms with Crippen molar-refractivity contribution in [1.82, 2.24) is 15.0 Å². The number of amides is 1. The van der Waals surface area contributed by atoms with E-state index in [0.717, 1.165) is 29.0 Å². The molecule has 7 nitrogen and oxygen atoms in total. The number of H-pyrrole nitrogens is 1. The number of carbonyl (C=O) groups is 1. The number of aromatic amines is 1. The van der Waals surface area contributed by atoms with Crippen LogP contribution in [0.1, 0.15) is 29.3 Å². The van der Waals surface area contributed by atoms with Gasteiger partial charge in [-0.05, 0) is 42.7 Å². The lowest BCUT2D eigenvalue weighted by Crippen LogP contribution is -2.20. The number of hydrogen-bond acceptors (Lipinski definition) is 5. The van der Waals surface area contributed by atoms with Gasteiger partial charge in [0.25, 0.3) is 0 Å². The Balaban J connectivity index is 1.26. The number of imidazole rings is 1. The number of benzene rings is 2. The standard InChI is InChI=1S/C24H18F2N4O3/c25-16-9-18-19(10-17(16)26)29-23(28-18)13-7-12-8-14(1-3-20(12)32-11-13)33-21-5-6-27-24-15(21)2-4-22(31)30-24/h1,3,5-6,8-10,13H,2,4,7,11H2,(H,28,29)(H,27,30,31). The fourth-order valence-electron chi connectivity index (χ4n) is 4.31. The van der Waals surface area contributed by atoms with Crippen LogP contribution in [0.3, 0.4) is 0 Å². The minimum Gasteiger partial charge on any atom is -0.493 e. The molecule has 6 rings (SSSR count). The van der Waals surface area contributed by atoms with Crippen LogP contribution in [0.15, 0.2) is 42.6 Å². The summed E-state index contributed by atoms with van der Waals surface area (Å²) in [5, 5.41) is 2.77. The molecule has 2 N–H and O–H groups in total. The van der Waals surface area contributed by atoms with Crippen molar-refractivity contribution in [2.24, 2.45) is 0 Å². The maximum atomic E-state index is 13.6. The summed E-state index contributed by atoms with van der Waals surface area (Å²) in [5.41, 5.74) is 2.63. The van der Waals surface area contributed by atoms with Gasteiger partial charge >= 0.3 is 0 Å². The van der Waals surface area contributed by atoms with Crippen molar-refractivity contribution < 1.29 is 23.0 Å². The summed E-state index contributed by atoms with van der Waals surface area (Å²) >= 11 is 0. The molecule has 0 fully saturated rings. The highest BCUT2D eigenvalue weighted by Crippen LogP contribution is 2.37. The number of nitrogens with one attached hydrogen (secondary N) is 2. The maximum absolute atomic E-state index is 13.6. The Hall–Kier alpha value is -4.01. The molecule has 2 aliphatic rings. The molecule has 1 unspecified atom stereocenters. The van der Waals surface area contributed by atoms with Crippen molar-refractivity contribution in [2.75, 3.05) is 11.9 Å². The summed E-state index contributed by atoms with van der Waals surface area (Å²) in [7, 11) is 0. The Labute approximate surface area is 186 Å². The van der Waals surface area contributed by atoms with Crippen LogP contribution in [0.25, 0.3) is 11.0 Å². The minimum absolute atomic E-state index is 0.0554. The molecule has 0 bridgehead atoms. The van der Waals surface area contributed by atoms with E-state index in [4.69, 9.17) is 9.47 Å². The number of halogens is 2. The second-order valence-corrected chi connectivity index (χ2v) is 8.17. The molecule has 0 spiro atoms. The van der Waals surface area contributed by atoms with Crippen LogP contribution in [0.2, 0.25) is 0 Å². The first-order valence-corrected chi connectivity index (χ1v) is 10.6. The normalized spacial score (nSPS) is 17.2. The number of aromatic nitrogens is 3. The number of nitrogens with zero attached hydrogens (tertiary/aromatic N) is 2. The highest BCUT2D eigenvalue weighted by molar-refractivity contribution is 5.93. The molecule has 2 aromatic carbocycles. The first-order chi connectivity index (χ1) is 16.0. The van der Waals surface area contributed by atoms with Gasteiger partial charge in [0.2, 0.25) is 5.91 Å². The number of ether oxygens (including phenoxy) is 2. The molecular weight excluding hydrogens is 430 g/mol. The van der Waals surface area contributed by atoms with Crippen molar-refractivity contribution in [3.63, 3.8) is 0 Å². The van der Waals surface area contributed by atoms with Gasteiger partial charge in [-0.3, -0.25) is 4.79 Å². The van der Waals surface area contributed by atoms with E-state index in [1.165, 1.54) is 0 Å². The molecule has 0 aliphatic carbocycles. The third-order valence-corrected chi connectivity index (χ3v) is 5.97. The zero-order valence-electron chi connectivity index (χ0n) is 17.3. The first-order valence-electron chi connectivity index (χ1n) is 10.6. The molecule has 2 aliphatic heterocycles. The van der Waals surface area contributed by atoms with Crippen LogP contribution in [0.4, 0.5) is 14.6 Å². The van der Waals surface area contributed by atoms with Crippen LogP contribution in [0, 0.1) is 11.6 Å². The van der Waals surface area contributed by atoms with Gasteiger partial charge in [-0.1, -0.05) is 0 Å². The van der Waals surface area contributed by atoms with Gasteiger partial charge in [0.1, 0.15) is 28.9 Å². The van der Waals surface area contributed by atoms with Gasteiger partial charge in [-0.15, -0.1) is 0 Å². The monoisotopic (exact) mass is 448 g/mol. The number of carbonyl (C=O) groups excluding carboxylic acids is 1. The van der Waals surface area contributed by atoms with Crippen LogP contribution in [-0.2, 0) is 17.6 Å². The zero-order valence-corrected chi connectivity index (χ0v) is 17.3. The third kappa shape index (κ3) is 3.55. The third-order valence-electron chi connectivity index (χ3n) is 5.97. The van der Waals surface area contributed by atoms with E-state index in [0.29, 0.717) is 60.0 Å². The number of fused-ring (bicyclic) bond motifs is 3. The summed E-state index contributed by atoms with van der Waals surface area (Å²) in [5.74, 6) is 1.19. The average Bonchev–Trinajstić information content (AvgIpc) is 3.21. The topological polar surface area (TPSA) is 89.1 Å². The Kier molecular flexibility index (Phi) is 4.49. The summed E-state index contributed by atoms with van der Waals surface area (Å²) in [6.45, 7) is 0.398. The van der Waals surface area contributed by atoms with Crippen LogP contribution in [0.5, 0.6) is 17.2 Å². The molecule has 9 heteroatoms. The smallest absolute Gasteiger partial charge is 0.225 e. The predicted molar refractivity (Wildman–Crippen MR) is 116 cm³/mol. The van der Waals surface area contributed by atoms with E-state index in [9.17, 15) is 13.6 Å². The Bertz CT molecular complexity index is 1380. The van der Waals surface area contributed by atoms with Gasteiger partial charge in [0.15, 0.2) is 11.6 Å². The molecule has 2 aromatic heterocycles. The second kappa shape index (κ2) is 7.54. The van der Waals surface area contributed by atoms with Crippen molar-refractivity contribution >= 4 is 22.8 Å². The van der Waals surface area contributed by atoms with Gasteiger partial charge in [-0.2, -0.15) is 0 Å². The second-order valence-electron chi connectivity index (χ2n) is 8.17. The molecular formula is C24H18F2N4O3. The largest absolute Gasteiger partial charge is 0.493 e. The number of anilines is 1. The highest BCUT2D eigenvalue weighted by Gasteiger charge is 2.26. The zero-order chi connectivity index (χ0) is 22.5. The number of pyridine rings is 1. The van der Waals surface area contributed by atoms with Gasteiger partial charge < -0.3 is 19.8 Å². The maximum Gasteiger partial charge on any atom is 0.225 e. The summed E-state index contributed by atoms with van der Waals surface area (Å²) in [4.78, 5) is 23.4. The molecule has 1 amide bonds. The van der Waals surface area contributed by atoms with E-state index in [1.807, 2.05) is 18.2 Å². The fraction of sp³-hybridized carbons (Fsp3) is 0.208. The Morgan fingerprint density at radius 2 is 1.97 bits per heavy atom. The highest BCUT2D eigenvalue weighted by atomic mass is 19.2. The van der Waals surface area contributed by atoms with Crippen LogP contribution < -0.4 is 14.8 Å². The molecule has 4 heterocycles. The van der Waals surface area contributed by atoms with Crippen LogP contribution >= 0.6 is 0 Å². The van der Waals surface area contributed by atoms with Gasteiger partial charge in [-0.25, -0.2) is 18.7 Å². The quantitative estimate of drug-likeness (QED) is 0.477. The van der Waals surface area contributed by atoms with Gasteiger partial charge in [0, 0.05) is 30.3 Å². The van der Waals surface area contributed by atoms with E-state index >= 15 is 0 Å². The Morgan fingerprint density at radius 1 is 1.09 bits per heavy atom. The fourth-order valence-corrected chi connectivity index (χ4v) is 4.31. The molecule has 0 radical (unpaired) electrons. The van der Waals surface area contributed by atoms with Gasteiger partial charge in [0.05, 0.1) is 23.6 Å². The molecule has 1 atom stereocenters. The first kappa shape index (κ1) is 19.7. The molecule has 0 saturated heterocycles. The van der Waals surface area contributed by atoms with Crippen molar-refractivity contribution in [3.8, 4) is 17.2 Å². The molecule has 0 saturated carbocycles. The summed E-state index contributed by atoms with van der Waals surface area (Å²) < 4.78 is 39.2. The lowest BCUT2D eigenvalue weighted by Gasteiger charge is -2.25. The summed E-state index contributed by atoms with van der Waals surface area (Å²) in [6, 6.07) is 9.59. The average molecular weight is 448 g/mol. The van der Waals surface area contributed by atoms with E-state index in [2.05, 4.69) is 20.3 Å². The van der Waals surface area contributed by atoms with Crippen molar-refractivity contribution in [1.29, 1.82) is 0 Å². The number of hydrogen-bond donors (Lipinski definition) is 2. The van der Waals surface area contributed by atoms with Crippen molar-refractivity contribution in [3.05, 3.63) is 71.2 Å². The predicted octanol–water partition coefficient (Wildman–Crippen LogP) is 4.63. The lowest BCUT2D eigenvalue weighted by atomic mass is 9.96. The van der Waals surface area contributed by atoms with E-state index in [1.54, 1.807) is 12.3 Å². The molecule has 4 aromatic rings. The van der Waals surface area contributed by atoms with Crippen molar-refractivity contribution in [2.45, 2.75) is 25.2 Å².